The highest BCUT2D eigenvalue weighted by Gasteiger charge is 2.32. The van der Waals surface area contributed by atoms with Gasteiger partial charge in [0.1, 0.15) is 0 Å². The van der Waals surface area contributed by atoms with Gasteiger partial charge in [0.15, 0.2) is 0 Å². The summed E-state index contributed by atoms with van der Waals surface area (Å²) < 4.78 is 0. The number of benzene rings is 1. The number of amides is 2. The van der Waals surface area contributed by atoms with Gasteiger partial charge in [-0.05, 0) is 57.2 Å². The van der Waals surface area contributed by atoms with Gasteiger partial charge in [-0.1, -0.05) is 23.3 Å². The smallest absolute Gasteiger partial charge is 0.253 e. The Bertz CT molecular complexity index is 795. The lowest BCUT2D eigenvalue weighted by molar-refractivity contribution is -0.137. The highest BCUT2D eigenvalue weighted by atomic mass is 32.1. The summed E-state index contributed by atoms with van der Waals surface area (Å²) in [6.07, 6.45) is 1.71. The molecule has 1 aliphatic heterocycles. The summed E-state index contributed by atoms with van der Waals surface area (Å²) in [5.74, 6) is 0.0445. The predicted octanol–water partition coefficient (Wildman–Crippen LogP) is 4.44. The van der Waals surface area contributed by atoms with Gasteiger partial charge in [-0.15, -0.1) is 11.3 Å². The second-order valence-corrected chi connectivity index (χ2v) is 8.59. The highest BCUT2D eigenvalue weighted by Crippen LogP contribution is 2.27. The van der Waals surface area contributed by atoms with E-state index < -0.39 is 0 Å². The summed E-state index contributed by atoms with van der Waals surface area (Å²) in [5.41, 5.74) is 2.90. The van der Waals surface area contributed by atoms with E-state index in [0.29, 0.717) is 6.54 Å². The van der Waals surface area contributed by atoms with Gasteiger partial charge in [0.05, 0.1) is 12.0 Å². The Morgan fingerprint density at radius 2 is 1.93 bits per heavy atom. The molecule has 1 aliphatic rings. The molecule has 2 aromatic rings. The molecule has 1 saturated heterocycles. The molecule has 0 spiro atoms. The van der Waals surface area contributed by atoms with Crippen LogP contribution in [0.3, 0.4) is 0 Å². The van der Waals surface area contributed by atoms with E-state index in [0.717, 1.165) is 36.1 Å². The van der Waals surface area contributed by atoms with Gasteiger partial charge in [0.2, 0.25) is 5.91 Å². The number of hydrogen-bond acceptors (Lipinski definition) is 3. The normalized spacial score (nSPS) is 18.2. The third-order valence-corrected chi connectivity index (χ3v) is 6.45. The van der Waals surface area contributed by atoms with Crippen molar-refractivity contribution in [1.29, 1.82) is 0 Å². The van der Waals surface area contributed by atoms with Crippen molar-refractivity contribution in [1.82, 2.24) is 9.80 Å². The zero-order valence-electron chi connectivity index (χ0n) is 16.6. The maximum absolute atomic E-state index is 13.0. The number of rotatable bonds is 4. The second kappa shape index (κ2) is 8.26. The fourth-order valence-electron chi connectivity index (χ4n) is 3.84. The van der Waals surface area contributed by atoms with E-state index in [9.17, 15) is 9.59 Å². The van der Waals surface area contributed by atoms with E-state index in [1.54, 1.807) is 11.3 Å². The molecule has 0 bridgehead atoms. The minimum absolute atomic E-state index is 0.0354. The van der Waals surface area contributed by atoms with Crippen LogP contribution in [0.25, 0.3) is 0 Å². The van der Waals surface area contributed by atoms with Crippen molar-refractivity contribution >= 4 is 23.2 Å². The van der Waals surface area contributed by atoms with Gasteiger partial charge >= 0.3 is 0 Å². The topological polar surface area (TPSA) is 40.6 Å². The number of nitrogens with zero attached hydrogens (tertiary/aromatic N) is 2. The monoisotopic (exact) mass is 384 g/mol. The fourth-order valence-corrected chi connectivity index (χ4v) is 4.67. The van der Waals surface area contributed by atoms with E-state index >= 15 is 0 Å². The Morgan fingerprint density at radius 3 is 2.56 bits per heavy atom. The molecule has 1 aromatic heterocycles. The molecule has 2 atom stereocenters. The summed E-state index contributed by atoms with van der Waals surface area (Å²) in [5, 5.41) is 2.04. The van der Waals surface area contributed by atoms with Crippen molar-refractivity contribution in [3.05, 3.63) is 57.3 Å². The van der Waals surface area contributed by atoms with Crippen LogP contribution in [0.15, 0.2) is 35.7 Å². The molecule has 0 saturated carbocycles. The number of thiophene rings is 1. The van der Waals surface area contributed by atoms with E-state index in [2.05, 4.69) is 19.1 Å². The summed E-state index contributed by atoms with van der Waals surface area (Å²) in [4.78, 5) is 30.9. The lowest BCUT2D eigenvalue weighted by atomic mass is 9.95. The van der Waals surface area contributed by atoms with Gasteiger partial charge in [-0.25, -0.2) is 0 Å². The van der Waals surface area contributed by atoms with Crippen LogP contribution in [0.1, 0.15) is 52.2 Å². The van der Waals surface area contributed by atoms with Crippen LogP contribution in [0.2, 0.25) is 0 Å². The van der Waals surface area contributed by atoms with Gasteiger partial charge in [-0.3, -0.25) is 9.59 Å². The second-order valence-electron chi connectivity index (χ2n) is 7.61. The van der Waals surface area contributed by atoms with Crippen molar-refractivity contribution in [2.45, 2.75) is 39.7 Å². The SMILES string of the molecule is Cc1cc(C)cc(C(=O)N2CCCC(C(=O)N(C)C(C)c3cccs3)C2)c1. The summed E-state index contributed by atoms with van der Waals surface area (Å²) >= 11 is 1.67. The van der Waals surface area contributed by atoms with Crippen LogP contribution >= 0.6 is 11.3 Å². The summed E-state index contributed by atoms with van der Waals surface area (Å²) in [6, 6.07) is 10.1. The van der Waals surface area contributed by atoms with E-state index in [4.69, 9.17) is 0 Å². The van der Waals surface area contributed by atoms with Crippen LogP contribution < -0.4 is 0 Å². The van der Waals surface area contributed by atoms with Gasteiger partial charge in [0, 0.05) is 30.6 Å². The van der Waals surface area contributed by atoms with E-state index in [1.165, 1.54) is 4.88 Å². The molecule has 0 N–H and O–H groups in total. The molecule has 1 fully saturated rings. The average Bonchev–Trinajstić information content (AvgIpc) is 3.19. The van der Waals surface area contributed by atoms with E-state index in [1.807, 2.05) is 54.3 Å². The summed E-state index contributed by atoms with van der Waals surface area (Å²) in [6.45, 7) is 7.30. The standard InChI is InChI=1S/C22H28N2O2S/c1-15-11-16(2)13-19(12-15)22(26)24-9-5-7-18(14-24)21(25)23(4)17(3)20-8-6-10-27-20/h6,8,10-13,17-18H,5,7,9,14H2,1-4H3. The van der Waals surface area contributed by atoms with Crippen molar-refractivity contribution < 1.29 is 9.59 Å². The molecule has 2 amide bonds. The number of piperidine rings is 1. The minimum atomic E-state index is -0.124. The highest BCUT2D eigenvalue weighted by molar-refractivity contribution is 7.10. The number of hydrogen-bond donors (Lipinski definition) is 0. The number of carbonyl (C=O) groups is 2. The summed E-state index contributed by atoms with van der Waals surface area (Å²) in [7, 11) is 1.87. The minimum Gasteiger partial charge on any atom is -0.338 e. The van der Waals surface area contributed by atoms with Crippen LogP contribution in [-0.4, -0.2) is 41.8 Å². The van der Waals surface area contributed by atoms with Crippen molar-refractivity contribution in [3.63, 3.8) is 0 Å². The first-order chi connectivity index (χ1) is 12.9. The lowest BCUT2D eigenvalue weighted by Gasteiger charge is -2.35. The zero-order valence-corrected chi connectivity index (χ0v) is 17.4. The van der Waals surface area contributed by atoms with Crippen LogP contribution in [0.4, 0.5) is 0 Å². The Kier molecular flexibility index (Phi) is 6.00. The maximum atomic E-state index is 13.0. The van der Waals surface area contributed by atoms with Crippen LogP contribution in [-0.2, 0) is 4.79 Å². The molecule has 2 unspecified atom stereocenters. The van der Waals surface area contributed by atoms with Crippen LogP contribution in [0, 0.1) is 19.8 Å². The molecule has 27 heavy (non-hydrogen) atoms. The first kappa shape index (κ1) is 19.6. The van der Waals surface area contributed by atoms with E-state index in [-0.39, 0.29) is 23.8 Å². The Morgan fingerprint density at radius 1 is 1.22 bits per heavy atom. The largest absolute Gasteiger partial charge is 0.338 e. The molecular formula is C22H28N2O2S. The molecule has 3 rings (SSSR count). The molecule has 1 aromatic carbocycles. The van der Waals surface area contributed by atoms with Crippen molar-refractivity contribution in [2.24, 2.45) is 5.92 Å². The Balaban J connectivity index is 1.69. The molecule has 2 heterocycles. The lowest BCUT2D eigenvalue weighted by Crippen LogP contribution is -2.46. The molecule has 0 aliphatic carbocycles. The number of aryl methyl sites for hydroxylation is 2. The molecule has 144 valence electrons. The first-order valence-electron chi connectivity index (χ1n) is 9.54. The van der Waals surface area contributed by atoms with Crippen molar-refractivity contribution in [3.8, 4) is 0 Å². The maximum Gasteiger partial charge on any atom is 0.253 e. The third kappa shape index (κ3) is 4.41. The average molecular weight is 385 g/mol. The van der Waals surface area contributed by atoms with Gasteiger partial charge < -0.3 is 9.80 Å². The molecular weight excluding hydrogens is 356 g/mol. The first-order valence-corrected chi connectivity index (χ1v) is 10.4. The van der Waals surface area contributed by atoms with Gasteiger partial charge in [0.25, 0.3) is 5.91 Å². The Hall–Kier alpha value is -2.14. The zero-order chi connectivity index (χ0) is 19.6. The number of likely N-dealkylation sites (tertiary alicyclic amines) is 1. The van der Waals surface area contributed by atoms with Crippen molar-refractivity contribution in [2.75, 3.05) is 20.1 Å². The number of carbonyl (C=O) groups excluding carboxylic acids is 2. The fraction of sp³-hybridized carbons (Fsp3) is 0.455. The Labute approximate surface area is 165 Å². The third-order valence-electron chi connectivity index (χ3n) is 5.41. The van der Waals surface area contributed by atoms with Gasteiger partial charge in [-0.2, -0.15) is 0 Å². The predicted molar refractivity (Wildman–Crippen MR) is 110 cm³/mol. The molecule has 0 radical (unpaired) electrons. The molecule has 4 nitrogen and oxygen atoms in total. The van der Waals surface area contributed by atoms with Crippen LogP contribution in [0.5, 0.6) is 0 Å². The quantitative estimate of drug-likeness (QED) is 0.782. The molecule has 5 heteroatoms.